The molecule has 2 aromatic carbocycles. The molecule has 1 aliphatic carbocycles. The molecule has 0 heterocycles. The normalized spacial score (nSPS) is 13.8. The van der Waals surface area contributed by atoms with Gasteiger partial charge in [0.15, 0.2) is 0 Å². The first-order valence-corrected chi connectivity index (χ1v) is 9.47. The topological polar surface area (TPSA) is 76.7 Å². The van der Waals surface area contributed by atoms with Gasteiger partial charge in [0.05, 0.1) is 25.9 Å². The SMILES string of the molecule is COc1ccc(NC(=O)C(=O)NC(C)c2ccc3c(c2)CCCC3)c(OC)c1. The first kappa shape index (κ1) is 19.7. The number of hydrogen-bond donors (Lipinski definition) is 2. The Morgan fingerprint density at radius 1 is 0.929 bits per heavy atom. The van der Waals surface area contributed by atoms with Crippen LogP contribution in [0.1, 0.15) is 42.5 Å². The van der Waals surface area contributed by atoms with Crippen LogP contribution in [0.3, 0.4) is 0 Å². The van der Waals surface area contributed by atoms with E-state index in [1.165, 1.54) is 31.1 Å². The van der Waals surface area contributed by atoms with E-state index >= 15 is 0 Å². The predicted octanol–water partition coefficient (Wildman–Crippen LogP) is 3.40. The van der Waals surface area contributed by atoms with Crippen molar-refractivity contribution in [3.05, 3.63) is 53.1 Å². The van der Waals surface area contributed by atoms with Crippen LogP contribution in [0, 0.1) is 0 Å². The van der Waals surface area contributed by atoms with Crippen molar-refractivity contribution in [3.8, 4) is 11.5 Å². The van der Waals surface area contributed by atoms with Gasteiger partial charge < -0.3 is 20.1 Å². The van der Waals surface area contributed by atoms with Crippen molar-refractivity contribution in [1.29, 1.82) is 0 Å². The highest BCUT2D eigenvalue weighted by molar-refractivity contribution is 6.39. The largest absolute Gasteiger partial charge is 0.497 e. The summed E-state index contributed by atoms with van der Waals surface area (Å²) in [5.74, 6) is -0.417. The van der Waals surface area contributed by atoms with E-state index in [4.69, 9.17) is 9.47 Å². The summed E-state index contributed by atoms with van der Waals surface area (Å²) in [4.78, 5) is 24.7. The number of hydrogen-bond acceptors (Lipinski definition) is 4. The second kappa shape index (κ2) is 8.78. The maximum absolute atomic E-state index is 12.4. The van der Waals surface area contributed by atoms with Gasteiger partial charge in [0.2, 0.25) is 0 Å². The zero-order chi connectivity index (χ0) is 20.1. The summed E-state index contributed by atoms with van der Waals surface area (Å²) < 4.78 is 10.4. The van der Waals surface area contributed by atoms with Crippen molar-refractivity contribution >= 4 is 17.5 Å². The van der Waals surface area contributed by atoms with Crippen molar-refractivity contribution in [2.75, 3.05) is 19.5 Å². The average Bonchev–Trinajstić information content (AvgIpc) is 2.73. The number of aryl methyl sites for hydroxylation is 2. The summed E-state index contributed by atoms with van der Waals surface area (Å²) in [7, 11) is 3.03. The van der Waals surface area contributed by atoms with Gasteiger partial charge in [0.25, 0.3) is 0 Å². The lowest BCUT2D eigenvalue weighted by Crippen LogP contribution is -2.37. The third kappa shape index (κ3) is 4.44. The minimum atomic E-state index is -0.742. The molecule has 0 saturated carbocycles. The van der Waals surface area contributed by atoms with Crippen LogP contribution in [0.25, 0.3) is 0 Å². The fourth-order valence-corrected chi connectivity index (χ4v) is 3.45. The average molecular weight is 382 g/mol. The fourth-order valence-electron chi connectivity index (χ4n) is 3.45. The Hall–Kier alpha value is -3.02. The number of carbonyl (C=O) groups is 2. The van der Waals surface area contributed by atoms with Crippen LogP contribution in [0.15, 0.2) is 36.4 Å². The molecule has 0 bridgehead atoms. The second-order valence-corrected chi connectivity index (χ2v) is 6.95. The number of benzene rings is 2. The van der Waals surface area contributed by atoms with E-state index in [2.05, 4.69) is 22.8 Å². The Morgan fingerprint density at radius 3 is 2.39 bits per heavy atom. The summed E-state index contributed by atoms with van der Waals surface area (Å²) in [6.07, 6.45) is 4.61. The predicted molar refractivity (Wildman–Crippen MR) is 108 cm³/mol. The number of ether oxygens (including phenoxy) is 2. The number of nitrogens with one attached hydrogen (secondary N) is 2. The van der Waals surface area contributed by atoms with Crippen molar-refractivity contribution in [2.45, 2.75) is 38.6 Å². The molecule has 0 spiro atoms. The number of rotatable bonds is 5. The molecule has 2 N–H and O–H groups in total. The number of anilines is 1. The van der Waals surface area contributed by atoms with Crippen molar-refractivity contribution in [1.82, 2.24) is 5.32 Å². The molecule has 1 atom stereocenters. The summed E-state index contributed by atoms with van der Waals surface area (Å²) in [6, 6.07) is 11.0. The van der Waals surface area contributed by atoms with E-state index in [0.717, 1.165) is 18.4 Å². The highest BCUT2D eigenvalue weighted by Gasteiger charge is 2.20. The zero-order valence-electron chi connectivity index (χ0n) is 16.5. The molecular weight excluding hydrogens is 356 g/mol. The molecule has 2 aromatic rings. The van der Waals surface area contributed by atoms with Crippen LogP contribution < -0.4 is 20.1 Å². The molecule has 0 fully saturated rings. The van der Waals surface area contributed by atoms with Crippen molar-refractivity contribution < 1.29 is 19.1 Å². The van der Waals surface area contributed by atoms with Gasteiger partial charge in [-0.1, -0.05) is 18.2 Å². The van der Waals surface area contributed by atoms with Crippen molar-refractivity contribution in [2.24, 2.45) is 0 Å². The summed E-state index contributed by atoms with van der Waals surface area (Å²) >= 11 is 0. The van der Waals surface area contributed by atoms with E-state index < -0.39 is 11.8 Å². The third-order valence-electron chi connectivity index (χ3n) is 5.08. The van der Waals surface area contributed by atoms with Crippen LogP contribution in [0.5, 0.6) is 11.5 Å². The molecule has 0 aliphatic heterocycles. The van der Waals surface area contributed by atoms with E-state index in [0.29, 0.717) is 17.2 Å². The minimum Gasteiger partial charge on any atom is -0.497 e. The van der Waals surface area contributed by atoms with Gasteiger partial charge in [-0.05, 0) is 61.4 Å². The van der Waals surface area contributed by atoms with Crippen LogP contribution in [-0.4, -0.2) is 26.0 Å². The third-order valence-corrected chi connectivity index (χ3v) is 5.08. The number of amides is 2. The lowest BCUT2D eigenvalue weighted by atomic mass is 9.89. The lowest BCUT2D eigenvalue weighted by Gasteiger charge is -2.20. The number of carbonyl (C=O) groups excluding carboxylic acids is 2. The zero-order valence-corrected chi connectivity index (χ0v) is 16.5. The molecule has 0 aromatic heterocycles. The van der Waals surface area contributed by atoms with Gasteiger partial charge in [-0.15, -0.1) is 0 Å². The van der Waals surface area contributed by atoms with Gasteiger partial charge in [-0.25, -0.2) is 0 Å². The van der Waals surface area contributed by atoms with E-state index in [1.807, 2.05) is 13.0 Å². The number of methoxy groups -OCH3 is 2. The molecule has 2 amide bonds. The van der Waals surface area contributed by atoms with Crippen LogP contribution in [0.4, 0.5) is 5.69 Å². The number of fused-ring (bicyclic) bond motifs is 1. The monoisotopic (exact) mass is 382 g/mol. The molecule has 6 nitrogen and oxygen atoms in total. The summed E-state index contributed by atoms with van der Waals surface area (Å²) in [5.41, 5.74) is 4.14. The van der Waals surface area contributed by atoms with E-state index in [-0.39, 0.29) is 6.04 Å². The van der Waals surface area contributed by atoms with Gasteiger partial charge in [-0.2, -0.15) is 0 Å². The molecule has 28 heavy (non-hydrogen) atoms. The molecular formula is C22H26N2O4. The first-order valence-electron chi connectivity index (χ1n) is 9.47. The van der Waals surface area contributed by atoms with E-state index in [9.17, 15) is 9.59 Å². The molecule has 6 heteroatoms. The Labute approximate surface area is 165 Å². The Bertz CT molecular complexity index is 879. The summed E-state index contributed by atoms with van der Waals surface area (Å²) in [5, 5.41) is 5.35. The van der Waals surface area contributed by atoms with E-state index in [1.54, 1.807) is 25.3 Å². The van der Waals surface area contributed by atoms with Crippen LogP contribution in [0.2, 0.25) is 0 Å². The second-order valence-electron chi connectivity index (χ2n) is 6.95. The van der Waals surface area contributed by atoms with Crippen LogP contribution in [-0.2, 0) is 22.4 Å². The fraction of sp³-hybridized carbons (Fsp3) is 0.364. The minimum absolute atomic E-state index is 0.261. The van der Waals surface area contributed by atoms with Crippen molar-refractivity contribution in [3.63, 3.8) is 0 Å². The lowest BCUT2D eigenvalue weighted by molar-refractivity contribution is -0.136. The highest BCUT2D eigenvalue weighted by atomic mass is 16.5. The quantitative estimate of drug-likeness (QED) is 0.777. The summed E-state index contributed by atoms with van der Waals surface area (Å²) in [6.45, 7) is 1.88. The highest BCUT2D eigenvalue weighted by Crippen LogP contribution is 2.29. The Balaban J connectivity index is 1.65. The maximum Gasteiger partial charge on any atom is 0.313 e. The molecule has 3 rings (SSSR count). The Morgan fingerprint density at radius 2 is 1.68 bits per heavy atom. The van der Waals surface area contributed by atoms with Gasteiger partial charge >= 0.3 is 11.8 Å². The Kier molecular flexibility index (Phi) is 6.19. The molecule has 148 valence electrons. The standard InChI is InChI=1S/C22H26N2O4/c1-14(16-9-8-15-6-4-5-7-17(15)12-16)23-21(25)22(26)24-19-11-10-18(27-2)13-20(19)28-3/h8-14H,4-7H2,1-3H3,(H,23,25)(H,24,26). The molecule has 1 unspecified atom stereocenters. The van der Waals surface area contributed by atoms with Gasteiger partial charge in [0, 0.05) is 6.07 Å². The maximum atomic E-state index is 12.4. The van der Waals surface area contributed by atoms with Crippen LogP contribution >= 0.6 is 0 Å². The van der Waals surface area contributed by atoms with Gasteiger partial charge in [-0.3, -0.25) is 9.59 Å². The van der Waals surface area contributed by atoms with Gasteiger partial charge in [0.1, 0.15) is 11.5 Å². The molecule has 0 radical (unpaired) electrons. The first-order chi connectivity index (χ1) is 13.5. The molecule has 0 saturated heterocycles. The molecule has 1 aliphatic rings. The smallest absolute Gasteiger partial charge is 0.313 e.